The number of ether oxygens (including phenoxy) is 2. The van der Waals surface area contributed by atoms with E-state index in [0.717, 1.165) is 40.9 Å². The second kappa shape index (κ2) is 12.8. The molecule has 1 aliphatic heterocycles. The molecule has 6 heteroatoms. The standard InChI is InChI=1S/C38H53NO5/c1-11-24(2)19-26(4)31-27(5)21-37(9)20-25(3)17-18-30(37)32(31)33(40)29-23-38(43-10,22-28-15-13-12-14-16-28)39(34(29)41)35(42)44-36(6,7)8/h11-16,19,21,25,29-32H,17-18,20,22-23H2,1-10H3/b24-11+,26-19+/t25-,29?,30+,31-,32+,37+,38?/m1/s1. The Balaban J connectivity index is 1.83. The summed E-state index contributed by atoms with van der Waals surface area (Å²) in [5.74, 6) is -1.44. The third-order valence-electron chi connectivity index (χ3n) is 10.2. The van der Waals surface area contributed by atoms with Gasteiger partial charge in [0.15, 0.2) is 5.72 Å². The summed E-state index contributed by atoms with van der Waals surface area (Å²) >= 11 is 0. The first-order valence-corrected chi connectivity index (χ1v) is 16.3. The molecule has 2 unspecified atom stereocenters. The van der Waals surface area contributed by atoms with Crippen molar-refractivity contribution in [3.8, 4) is 0 Å². The first kappa shape index (κ1) is 33.9. The molecule has 44 heavy (non-hydrogen) atoms. The molecular formula is C38H53NO5. The molecule has 0 aromatic heterocycles. The number of ketones is 1. The number of amides is 2. The zero-order valence-electron chi connectivity index (χ0n) is 28.5. The Hall–Kier alpha value is -2.99. The maximum absolute atomic E-state index is 15.1. The molecule has 0 N–H and O–H groups in total. The van der Waals surface area contributed by atoms with Crippen LogP contribution in [0.3, 0.4) is 0 Å². The number of fused-ring (bicyclic) bond motifs is 1. The lowest BCUT2D eigenvalue weighted by molar-refractivity contribution is -0.149. The van der Waals surface area contributed by atoms with Gasteiger partial charge in [-0.3, -0.25) is 9.59 Å². The molecule has 1 saturated heterocycles. The summed E-state index contributed by atoms with van der Waals surface area (Å²) in [7, 11) is 1.52. The quantitative estimate of drug-likeness (QED) is 0.178. The van der Waals surface area contributed by atoms with Crippen LogP contribution < -0.4 is 0 Å². The highest BCUT2D eigenvalue weighted by molar-refractivity contribution is 6.09. The zero-order valence-corrected chi connectivity index (χ0v) is 28.5. The van der Waals surface area contributed by atoms with E-state index in [1.165, 1.54) is 12.7 Å². The normalized spacial score (nSPS) is 33.1. The lowest BCUT2D eigenvalue weighted by atomic mass is 9.51. The van der Waals surface area contributed by atoms with Crippen LogP contribution in [0.2, 0.25) is 0 Å². The molecular weight excluding hydrogens is 550 g/mol. The minimum atomic E-state index is -1.34. The van der Waals surface area contributed by atoms with E-state index in [9.17, 15) is 9.59 Å². The van der Waals surface area contributed by atoms with Gasteiger partial charge in [0, 0.05) is 31.8 Å². The smallest absolute Gasteiger partial charge is 0.419 e. The highest BCUT2D eigenvalue weighted by Gasteiger charge is 2.61. The second-order valence-corrected chi connectivity index (χ2v) is 14.9. The summed E-state index contributed by atoms with van der Waals surface area (Å²) in [5.41, 5.74) is 2.07. The Morgan fingerprint density at radius 2 is 1.75 bits per heavy atom. The van der Waals surface area contributed by atoms with Crippen LogP contribution in [0.1, 0.15) is 93.6 Å². The van der Waals surface area contributed by atoms with Gasteiger partial charge in [0.2, 0.25) is 5.91 Å². The number of hydrogen-bond donors (Lipinski definition) is 0. The number of nitrogens with zero attached hydrogens (tertiary/aromatic N) is 1. The maximum atomic E-state index is 15.1. The van der Waals surface area contributed by atoms with Crippen molar-refractivity contribution < 1.29 is 23.9 Å². The molecule has 1 heterocycles. The van der Waals surface area contributed by atoms with Gasteiger partial charge in [-0.2, -0.15) is 0 Å². The first-order valence-electron chi connectivity index (χ1n) is 16.3. The number of rotatable bonds is 7. The third-order valence-corrected chi connectivity index (χ3v) is 10.2. The van der Waals surface area contributed by atoms with Gasteiger partial charge < -0.3 is 9.47 Å². The van der Waals surface area contributed by atoms with Crippen molar-refractivity contribution in [2.24, 2.45) is 35.0 Å². The molecule has 0 bridgehead atoms. The molecule has 2 amide bonds. The average molecular weight is 604 g/mol. The molecule has 2 aliphatic carbocycles. The van der Waals surface area contributed by atoms with Gasteiger partial charge >= 0.3 is 6.09 Å². The average Bonchev–Trinajstić information content (AvgIpc) is 3.22. The van der Waals surface area contributed by atoms with E-state index in [1.807, 2.05) is 37.3 Å². The van der Waals surface area contributed by atoms with E-state index in [-0.39, 0.29) is 41.8 Å². The number of hydrogen-bond acceptors (Lipinski definition) is 5. The largest absolute Gasteiger partial charge is 0.443 e. The molecule has 3 aliphatic rings. The number of imide groups is 1. The minimum Gasteiger partial charge on any atom is -0.443 e. The van der Waals surface area contributed by atoms with E-state index < -0.39 is 29.2 Å². The molecule has 6 nitrogen and oxygen atoms in total. The maximum Gasteiger partial charge on any atom is 0.419 e. The summed E-state index contributed by atoms with van der Waals surface area (Å²) in [5, 5.41) is 0. The lowest BCUT2D eigenvalue weighted by Crippen LogP contribution is -2.53. The Morgan fingerprint density at radius 1 is 1.09 bits per heavy atom. The van der Waals surface area contributed by atoms with Gasteiger partial charge in [0.1, 0.15) is 17.3 Å². The fourth-order valence-corrected chi connectivity index (χ4v) is 8.40. The van der Waals surface area contributed by atoms with E-state index in [0.29, 0.717) is 5.92 Å². The van der Waals surface area contributed by atoms with Crippen molar-refractivity contribution in [2.45, 2.75) is 106 Å². The van der Waals surface area contributed by atoms with Crippen molar-refractivity contribution in [3.05, 3.63) is 70.8 Å². The number of carbonyl (C=O) groups is 3. The first-order chi connectivity index (χ1) is 20.6. The van der Waals surface area contributed by atoms with Crippen molar-refractivity contribution >= 4 is 17.8 Å². The Bertz CT molecular complexity index is 1350. The number of likely N-dealkylation sites (tertiary alicyclic amines) is 1. The molecule has 4 rings (SSSR count). The predicted molar refractivity (Wildman–Crippen MR) is 175 cm³/mol. The summed E-state index contributed by atoms with van der Waals surface area (Å²) in [6.45, 7) is 18.3. The molecule has 7 atom stereocenters. The van der Waals surface area contributed by atoms with Crippen LogP contribution in [0.15, 0.2) is 65.3 Å². The van der Waals surface area contributed by atoms with Gasteiger partial charge in [-0.25, -0.2) is 9.69 Å². The third kappa shape index (κ3) is 6.66. The molecule has 1 saturated carbocycles. The lowest BCUT2D eigenvalue weighted by Gasteiger charge is -2.52. The van der Waals surface area contributed by atoms with Crippen molar-refractivity contribution in [3.63, 3.8) is 0 Å². The van der Waals surface area contributed by atoms with E-state index >= 15 is 4.79 Å². The summed E-state index contributed by atoms with van der Waals surface area (Å²) < 4.78 is 11.9. The van der Waals surface area contributed by atoms with Gasteiger partial charge in [0.05, 0.1) is 0 Å². The molecule has 1 aromatic carbocycles. The van der Waals surface area contributed by atoms with Gasteiger partial charge in [-0.05, 0) is 84.1 Å². The molecule has 0 radical (unpaired) electrons. The Kier molecular flexibility index (Phi) is 9.85. The van der Waals surface area contributed by atoms with Crippen LogP contribution >= 0.6 is 0 Å². The van der Waals surface area contributed by atoms with E-state index in [2.05, 4.69) is 52.8 Å². The highest BCUT2D eigenvalue weighted by atomic mass is 16.6. The molecule has 0 spiro atoms. The van der Waals surface area contributed by atoms with Crippen LogP contribution in [-0.2, 0) is 25.5 Å². The Morgan fingerprint density at radius 3 is 2.34 bits per heavy atom. The van der Waals surface area contributed by atoms with Crippen LogP contribution in [0.4, 0.5) is 4.79 Å². The summed E-state index contributed by atoms with van der Waals surface area (Å²) in [4.78, 5) is 44.4. The number of carbonyl (C=O) groups excluding carboxylic acids is 3. The fourth-order valence-electron chi connectivity index (χ4n) is 8.40. The van der Waals surface area contributed by atoms with Crippen LogP contribution in [0.5, 0.6) is 0 Å². The summed E-state index contributed by atoms with van der Waals surface area (Å²) in [6.07, 6.45) is 9.26. The van der Waals surface area contributed by atoms with Crippen molar-refractivity contribution in [2.75, 3.05) is 7.11 Å². The number of benzene rings is 1. The number of allylic oxidation sites excluding steroid dienone is 6. The molecule has 1 aromatic rings. The highest BCUT2D eigenvalue weighted by Crippen LogP contribution is 2.57. The SMILES string of the molecule is C/C=C(C)/C=C(\C)[C@@H]1C(C)=C[C@]2(C)C[C@H](C)CC[C@H]2[C@@H]1C(=O)C1CC(Cc2ccccc2)(OC)N(C(=O)OC(C)(C)C)C1=O. The summed E-state index contributed by atoms with van der Waals surface area (Å²) in [6, 6.07) is 9.67. The zero-order chi connectivity index (χ0) is 32.6. The van der Waals surface area contributed by atoms with Crippen LogP contribution in [0.25, 0.3) is 0 Å². The van der Waals surface area contributed by atoms with Crippen LogP contribution in [0, 0.1) is 35.0 Å². The van der Waals surface area contributed by atoms with Crippen LogP contribution in [-0.4, -0.2) is 41.1 Å². The van der Waals surface area contributed by atoms with E-state index in [1.54, 1.807) is 20.8 Å². The Labute approximate surface area is 264 Å². The van der Waals surface area contributed by atoms with Gasteiger partial charge in [0.25, 0.3) is 0 Å². The predicted octanol–water partition coefficient (Wildman–Crippen LogP) is 8.47. The monoisotopic (exact) mass is 603 g/mol. The van der Waals surface area contributed by atoms with E-state index in [4.69, 9.17) is 9.47 Å². The minimum absolute atomic E-state index is 0.0790. The second-order valence-electron chi connectivity index (χ2n) is 14.9. The molecule has 240 valence electrons. The van der Waals surface area contributed by atoms with Gasteiger partial charge in [-0.1, -0.05) is 85.5 Å². The topological polar surface area (TPSA) is 72.9 Å². The molecule has 2 fully saturated rings. The van der Waals surface area contributed by atoms with Crippen molar-refractivity contribution in [1.82, 2.24) is 4.90 Å². The van der Waals surface area contributed by atoms with Crippen molar-refractivity contribution in [1.29, 1.82) is 0 Å². The number of methoxy groups -OCH3 is 1. The fraction of sp³-hybridized carbons (Fsp3) is 0.605. The van der Waals surface area contributed by atoms with Gasteiger partial charge in [-0.15, -0.1) is 0 Å². The number of Topliss-reactive ketones (excluding diaryl/α,β-unsaturated/α-hetero) is 1.